The summed E-state index contributed by atoms with van der Waals surface area (Å²) in [6, 6.07) is 9.52. The van der Waals surface area contributed by atoms with Gasteiger partial charge in [0.1, 0.15) is 0 Å². The monoisotopic (exact) mass is 340 g/mol. The van der Waals surface area contributed by atoms with Crippen molar-refractivity contribution in [2.45, 2.75) is 19.5 Å². The Morgan fingerprint density at radius 2 is 2.26 bits per heavy atom. The van der Waals surface area contributed by atoms with Crippen LogP contribution in [0.4, 0.5) is 5.69 Å². The van der Waals surface area contributed by atoms with Gasteiger partial charge in [-0.3, -0.25) is 10.1 Å². The Hall–Kier alpha value is -1.24. The number of hydrogen-bond donors (Lipinski definition) is 1. The first-order chi connectivity index (χ1) is 9.08. The standard InChI is InChI=1S/C13H13BrN2O2S/c1-9(13-3-2-6-19-13)15-8-10-4-5-11(14)12(7-10)16(17)18/h2-7,9,15H,8H2,1H3. The first-order valence-corrected chi connectivity index (χ1v) is 7.45. The summed E-state index contributed by atoms with van der Waals surface area (Å²) in [6.45, 7) is 2.69. The SMILES string of the molecule is CC(NCc1ccc(Br)c([N+](=O)[O-])c1)c1cccs1. The van der Waals surface area contributed by atoms with E-state index in [4.69, 9.17) is 0 Å². The van der Waals surface area contributed by atoms with Gasteiger partial charge in [-0.1, -0.05) is 12.1 Å². The van der Waals surface area contributed by atoms with Gasteiger partial charge in [-0.25, -0.2) is 0 Å². The second kappa shape index (κ2) is 6.27. The van der Waals surface area contributed by atoms with Gasteiger partial charge in [0.2, 0.25) is 0 Å². The lowest BCUT2D eigenvalue weighted by Crippen LogP contribution is -2.17. The molecule has 0 aliphatic rings. The molecule has 0 spiro atoms. The number of nitro benzene ring substituents is 1. The van der Waals surface area contributed by atoms with Crippen LogP contribution in [0.25, 0.3) is 0 Å². The minimum absolute atomic E-state index is 0.100. The lowest BCUT2D eigenvalue weighted by molar-refractivity contribution is -0.385. The Balaban J connectivity index is 2.04. The molecule has 0 saturated carbocycles. The highest BCUT2D eigenvalue weighted by Gasteiger charge is 2.13. The van der Waals surface area contributed by atoms with E-state index in [1.54, 1.807) is 23.5 Å². The van der Waals surface area contributed by atoms with Crippen LogP contribution in [-0.4, -0.2) is 4.92 Å². The van der Waals surface area contributed by atoms with E-state index in [1.165, 1.54) is 4.88 Å². The fourth-order valence-corrected chi connectivity index (χ4v) is 2.87. The summed E-state index contributed by atoms with van der Waals surface area (Å²) in [4.78, 5) is 11.7. The van der Waals surface area contributed by atoms with Crippen LogP contribution in [0, 0.1) is 10.1 Å². The third-order valence-electron chi connectivity index (χ3n) is 2.79. The van der Waals surface area contributed by atoms with Crippen molar-refractivity contribution in [1.82, 2.24) is 5.32 Å². The largest absolute Gasteiger partial charge is 0.305 e. The number of nitrogens with zero attached hydrogens (tertiary/aromatic N) is 1. The molecule has 19 heavy (non-hydrogen) atoms. The van der Waals surface area contributed by atoms with Crippen molar-refractivity contribution in [3.8, 4) is 0 Å². The van der Waals surface area contributed by atoms with Crippen molar-refractivity contribution >= 4 is 33.0 Å². The molecule has 2 rings (SSSR count). The van der Waals surface area contributed by atoms with Crippen LogP contribution in [-0.2, 0) is 6.54 Å². The van der Waals surface area contributed by atoms with Crippen LogP contribution < -0.4 is 5.32 Å². The predicted octanol–water partition coefficient (Wildman–Crippen LogP) is 4.27. The average Bonchev–Trinajstić information content (AvgIpc) is 2.91. The van der Waals surface area contributed by atoms with Crippen molar-refractivity contribution in [1.29, 1.82) is 0 Å². The third-order valence-corrected chi connectivity index (χ3v) is 4.52. The number of benzene rings is 1. The van der Waals surface area contributed by atoms with Gasteiger partial charge in [0, 0.05) is 23.5 Å². The lowest BCUT2D eigenvalue weighted by Gasteiger charge is -2.12. The maximum absolute atomic E-state index is 10.9. The molecule has 6 heteroatoms. The molecule has 0 bridgehead atoms. The first kappa shape index (κ1) is 14.2. The highest BCUT2D eigenvalue weighted by Crippen LogP contribution is 2.26. The molecule has 1 aromatic carbocycles. The molecule has 0 amide bonds. The Kier molecular flexibility index (Phi) is 4.68. The number of hydrogen-bond acceptors (Lipinski definition) is 4. The zero-order valence-electron chi connectivity index (χ0n) is 10.3. The lowest BCUT2D eigenvalue weighted by atomic mass is 10.2. The minimum Gasteiger partial charge on any atom is -0.305 e. The highest BCUT2D eigenvalue weighted by atomic mass is 79.9. The zero-order chi connectivity index (χ0) is 13.8. The van der Waals surface area contributed by atoms with Crippen molar-refractivity contribution in [2.24, 2.45) is 0 Å². The summed E-state index contributed by atoms with van der Waals surface area (Å²) in [5.74, 6) is 0. The van der Waals surface area contributed by atoms with Gasteiger partial charge < -0.3 is 5.32 Å². The molecule has 1 heterocycles. The topological polar surface area (TPSA) is 55.2 Å². The molecule has 0 aliphatic carbocycles. The fourth-order valence-electron chi connectivity index (χ4n) is 1.72. The fraction of sp³-hybridized carbons (Fsp3) is 0.231. The number of halogens is 1. The van der Waals surface area contributed by atoms with Gasteiger partial charge in [0.25, 0.3) is 5.69 Å². The second-order valence-electron chi connectivity index (χ2n) is 4.16. The van der Waals surface area contributed by atoms with Crippen LogP contribution in [0.15, 0.2) is 40.2 Å². The normalized spacial score (nSPS) is 12.3. The Labute approximate surface area is 123 Å². The maximum Gasteiger partial charge on any atom is 0.283 e. The van der Waals surface area contributed by atoms with Gasteiger partial charge >= 0.3 is 0 Å². The van der Waals surface area contributed by atoms with E-state index in [1.807, 2.05) is 17.5 Å². The Morgan fingerprint density at radius 3 is 2.89 bits per heavy atom. The Morgan fingerprint density at radius 1 is 1.47 bits per heavy atom. The second-order valence-corrected chi connectivity index (χ2v) is 5.99. The number of nitrogens with one attached hydrogen (secondary N) is 1. The zero-order valence-corrected chi connectivity index (χ0v) is 12.7. The molecular formula is C13H13BrN2O2S. The molecule has 0 radical (unpaired) electrons. The number of rotatable bonds is 5. The molecule has 2 aromatic rings. The molecule has 1 atom stereocenters. The van der Waals surface area contributed by atoms with E-state index >= 15 is 0 Å². The number of nitro groups is 1. The van der Waals surface area contributed by atoms with E-state index in [-0.39, 0.29) is 16.7 Å². The quantitative estimate of drug-likeness (QED) is 0.653. The van der Waals surface area contributed by atoms with Crippen LogP contribution >= 0.6 is 27.3 Å². The average molecular weight is 341 g/mol. The van der Waals surface area contributed by atoms with E-state index in [9.17, 15) is 10.1 Å². The summed E-state index contributed by atoms with van der Waals surface area (Å²) in [7, 11) is 0. The van der Waals surface area contributed by atoms with Gasteiger partial charge in [0.15, 0.2) is 0 Å². The van der Waals surface area contributed by atoms with Gasteiger partial charge in [-0.2, -0.15) is 0 Å². The molecule has 0 fully saturated rings. The van der Waals surface area contributed by atoms with Crippen molar-refractivity contribution in [3.05, 3.63) is 60.7 Å². The summed E-state index contributed by atoms with van der Waals surface area (Å²) >= 11 is 4.88. The number of thiophene rings is 1. The third kappa shape index (κ3) is 3.62. The van der Waals surface area contributed by atoms with Crippen LogP contribution in [0.5, 0.6) is 0 Å². The molecule has 1 N–H and O–H groups in total. The summed E-state index contributed by atoms with van der Waals surface area (Å²) in [5.41, 5.74) is 1.00. The van der Waals surface area contributed by atoms with Gasteiger partial charge in [-0.15, -0.1) is 11.3 Å². The van der Waals surface area contributed by atoms with Crippen molar-refractivity contribution in [3.63, 3.8) is 0 Å². The first-order valence-electron chi connectivity index (χ1n) is 5.77. The predicted molar refractivity (Wildman–Crippen MR) is 80.4 cm³/mol. The van der Waals surface area contributed by atoms with E-state index in [2.05, 4.69) is 34.2 Å². The van der Waals surface area contributed by atoms with Gasteiger partial charge in [-0.05, 0) is 45.9 Å². The van der Waals surface area contributed by atoms with Gasteiger partial charge in [0.05, 0.1) is 9.40 Å². The highest BCUT2D eigenvalue weighted by molar-refractivity contribution is 9.10. The van der Waals surface area contributed by atoms with E-state index in [0.29, 0.717) is 11.0 Å². The molecule has 1 unspecified atom stereocenters. The van der Waals surface area contributed by atoms with Crippen molar-refractivity contribution < 1.29 is 4.92 Å². The maximum atomic E-state index is 10.9. The summed E-state index contributed by atoms with van der Waals surface area (Å²) < 4.78 is 0.507. The molecule has 0 saturated heterocycles. The molecule has 0 aliphatic heterocycles. The summed E-state index contributed by atoms with van der Waals surface area (Å²) in [6.07, 6.45) is 0. The van der Waals surface area contributed by atoms with E-state index in [0.717, 1.165) is 5.56 Å². The molecule has 4 nitrogen and oxygen atoms in total. The smallest absolute Gasteiger partial charge is 0.283 e. The summed E-state index contributed by atoms with van der Waals surface area (Å²) in [5, 5.41) is 16.3. The van der Waals surface area contributed by atoms with Crippen LogP contribution in [0.1, 0.15) is 23.4 Å². The van der Waals surface area contributed by atoms with Crippen LogP contribution in [0.3, 0.4) is 0 Å². The molecular weight excluding hydrogens is 328 g/mol. The van der Waals surface area contributed by atoms with Crippen molar-refractivity contribution in [2.75, 3.05) is 0 Å². The molecule has 100 valence electrons. The van der Waals surface area contributed by atoms with E-state index < -0.39 is 0 Å². The molecule has 1 aromatic heterocycles. The minimum atomic E-state index is -0.379. The Bertz CT molecular complexity index is 572. The van der Waals surface area contributed by atoms with Crippen LogP contribution in [0.2, 0.25) is 0 Å².